The highest BCUT2D eigenvalue weighted by atomic mass is 35.5. The fourth-order valence-corrected chi connectivity index (χ4v) is 3.90. The Balaban J connectivity index is 1.55. The van der Waals surface area contributed by atoms with Gasteiger partial charge in [-0.05, 0) is 39.1 Å². The van der Waals surface area contributed by atoms with E-state index >= 15 is 0 Å². The first kappa shape index (κ1) is 22.5. The van der Waals surface area contributed by atoms with Crippen molar-refractivity contribution in [2.45, 2.75) is 19.1 Å². The number of nitrogens with one attached hydrogen (secondary N) is 2. The molecule has 2 N–H and O–H groups in total. The molecule has 1 atom stereocenters. The van der Waals surface area contributed by atoms with Crippen molar-refractivity contribution in [1.82, 2.24) is 10.1 Å². The molecule has 2 amide bonds. The first-order valence-electron chi connectivity index (χ1n) is 9.70. The van der Waals surface area contributed by atoms with Gasteiger partial charge in [0.15, 0.2) is 5.82 Å². The molecule has 0 unspecified atom stereocenters. The molecule has 2 aromatic rings. The molecule has 30 heavy (non-hydrogen) atoms. The van der Waals surface area contributed by atoms with Crippen molar-refractivity contribution in [2.24, 2.45) is 0 Å². The SMILES string of the molecule is Cc1cc(NC(=O)[C@@H](C)SCC(=O)Nc2cc(Cl)ccc2N2CCN(C)CC2)no1. The zero-order valence-electron chi connectivity index (χ0n) is 17.3. The normalized spacial score (nSPS) is 15.7. The van der Waals surface area contributed by atoms with Crippen LogP contribution in [-0.2, 0) is 9.59 Å². The van der Waals surface area contributed by atoms with Gasteiger partial charge < -0.3 is 25.0 Å². The monoisotopic (exact) mass is 451 g/mol. The first-order valence-corrected chi connectivity index (χ1v) is 11.1. The average molecular weight is 452 g/mol. The lowest BCUT2D eigenvalue weighted by Crippen LogP contribution is -2.44. The van der Waals surface area contributed by atoms with Gasteiger partial charge >= 0.3 is 0 Å². The van der Waals surface area contributed by atoms with E-state index in [9.17, 15) is 9.59 Å². The summed E-state index contributed by atoms with van der Waals surface area (Å²) >= 11 is 7.41. The zero-order valence-corrected chi connectivity index (χ0v) is 18.8. The van der Waals surface area contributed by atoms with Crippen molar-refractivity contribution < 1.29 is 14.1 Å². The van der Waals surface area contributed by atoms with E-state index in [1.807, 2.05) is 12.1 Å². The number of aromatic nitrogens is 1. The number of likely N-dealkylation sites (N-methyl/N-ethyl adjacent to an activating group) is 1. The second-order valence-electron chi connectivity index (χ2n) is 7.27. The summed E-state index contributed by atoms with van der Waals surface area (Å²) in [4.78, 5) is 29.3. The number of carbonyl (C=O) groups excluding carboxylic acids is 2. The number of amides is 2. The number of hydrogen-bond donors (Lipinski definition) is 2. The van der Waals surface area contributed by atoms with Crippen LogP contribution in [0.3, 0.4) is 0 Å². The van der Waals surface area contributed by atoms with E-state index in [0.717, 1.165) is 31.9 Å². The molecule has 1 saturated heterocycles. The maximum atomic E-state index is 12.5. The van der Waals surface area contributed by atoms with Crippen LogP contribution in [0.2, 0.25) is 5.02 Å². The summed E-state index contributed by atoms with van der Waals surface area (Å²) < 4.78 is 4.93. The first-order chi connectivity index (χ1) is 14.3. The van der Waals surface area contributed by atoms with E-state index in [4.69, 9.17) is 16.1 Å². The second-order valence-corrected chi connectivity index (χ2v) is 9.03. The number of halogens is 1. The molecule has 10 heteroatoms. The lowest BCUT2D eigenvalue weighted by atomic mass is 10.2. The Labute approximate surface area is 185 Å². The fourth-order valence-electron chi connectivity index (χ4n) is 3.05. The molecule has 1 aromatic heterocycles. The Hall–Kier alpha value is -2.23. The highest BCUT2D eigenvalue weighted by Gasteiger charge is 2.20. The van der Waals surface area contributed by atoms with Crippen LogP contribution >= 0.6 is 23.4 Å². The van der Waals surface area contributed by atoms with Gasteiger partial charge in [0, 0.05) is 37.3 Å². The van der Waals surface area contributed by atoms with Crippen molar-refractivity contribution in [2.75, 3.05) is 54.5 Å². The molecule has 0 aliphatic carbocycles. The number of carbonyl (C=O) groups is 2. The third-order valence-corrected chi connectivity index (χ3v) is 6.17. The lowest BCUT2D eigenvalue weighted by molar-refractivity contribution is -0.115. The van der Waals surface area contributed by atoms with E-state index in [1.165, 1.54) is 11.8 Å². The number of benzene rings is 1. The molecule has 1 aromatic carbocycles. The van der Waals surface area contributed by atoms with E-state index in [1.54, 1.807) is 26.0 Å². The summed E-state index contributed by atoms with van der Waals surface area (Å²) in [6.07, 6.45) is 0. The largest absolute Gasteiger partial charge is 0.367 e. The van der Waals surface area contributed by atoms with Crippen molar-refractivity contribution >= 4 is 52.4 Å². The quantitative estimate of drug-likeness (QED) is 0.668. The zero-order chi connectivity index (χ0) is 21.7. The number of thioether (sulfide) groups is 1. The molecule has 0 bridgehead atoms. The Morgan fingerprint density at radius 2 is 1.97 bits per heavy atom. The van der Waals surface area contributed by atoms with Gasteiger partial charge in [-0.15, -0.1) is 11.8 Å². The van der Waals surface area contributed by atoms with Crippen molar-refractivity contribution in [1.29, 1.82) is 0 Å². The van der Waals surface area contributed by atoms with Gasteiger partial charge in [0.1, 0.15) is 5.76 Å². The van der Waals surface area contributed by atoms with Crippen LogP contribution in [-0.4, -0.2) is 66.1 Å². The van der Waals surface area contributed by atoms with Crippen LogP contribution in [0, 0.1) is 6.92 Å². The number of piperazine rings is 1. The van der Waals surface area contributed by atoms with Crippen LogP contribution in [0.4, 0.5) is 17.2 Å². The average Bonchev–Trinajstić information content (AvgIpc) is 3.11. The lowest BCUT2D eigenvalue weighted by Gasteiger charge is -2.35. The summed E-state index contributed by atoms with van der Waals surface area (Å²) in [5, 5.41) is 9.50. The van der Waals surface area contributed by atoms with Gasteiger partial charge in [-0.25, -0.2) is 0 Å². The molecule has 2 heterocycles. The predicted octanol–water partition coefficient (Wildman–Crippen LogP) is 3.09. The summed E-state index contributed by atoms with van der Waals surface area (Å²) in [5.74, 6) is 0.700. The number of aryl methyl sites for hydroxylation is 1. The highest BCUT2D eigenvalue weighted by Crippen LogP contribution is 2.30. The standard InChI is InChI=1S/C20H26ClN5O3S/c1-13-10-18(24-29-13)23-20(28)14(2)30-12-19(27)22-16-11-15(21)4-5-17(16)26-8-6-25(3)7-9-26/h4-5,10-11,14H,6-9,12H2,1-3H3,(H,22,27)(H,23,24,28)/t14-/m1/s1. The van der Waals surface area contributed by atoms with E-state index in [0.29, 0.717) is 22.3 Å². The molecular formula is C20H26ClN5O3S. The van der Waals surface area contributed by atoms with Gasteiger partial charge in [-0.3, -0.25) is 9.59 Å². The Morgan fingerprint density at radius 3 is 2.63 bits per heavy atom. The van der Waals surface area contributed by atoms with Gasteiger partial charge in [0.2, 0.25) is 11.8 Å². The van der Waals surface area contributed by atoms with Crippen LogP contribution in [0.15, 0.2) is 28.8 Å². The molecule has 162 valence electrons. The number of hydrogen-bond acceptors (Lipinski definition) is 7. The van der Waals surface area contributed by atoms with Crippen LogP contribution in [0.1, 0.15) is 12.7 Å². The molecule has 1 aliphatic heterocycles. The molecule has 0 saturated carbocycles. The molecular weight excluding hydrogens is 426 g/mol. The highest BCUT2D eigenvalue weighted by molar-refractivity contribution is 8.01. The third-order valence-electron chi connectivity index (χ3n) is 4.79. The molecule has 1 fully saturated rings. The van der Waals surface area contributed by atoms with E-state index < -0.39 is 5.25 Å². The molecule has 0 radical (unpaired) electrons. The van der Waals surface area contributed by atoms with Gasteiger partial charge in [-0.1, -0.05) is 16.8 Å². The van der Waals surface area contributed by atoms with Gasteiger partial charge in [-0.2, -0.15) is 0 Å². The topological polar surface area (TPSA) is 90.7 Å². The summed E-state index contributed by atoms with van der Waals surface area (Å²) in [5.41, 5.74) is 1.64. The maximum absolute atomic E-state index is 12.5. The fraction of sp³-hybridized carbons (Fsp3) is 0.450. The van der Waals surface area contributed by atoms with Crippen molar-refractivity contribution in [3.8, 4) is 0 Å². The Kier molecular flexibility index (Phi) is 7.63. The third kappa shape index (κ3) is 6.13. The minimum atomic E-state index is -0.427. The van der Waals surface area contributed by atoms with Gasteiger partial charge in [0.05, 0.1) is 22.4 Å². The van der Waals surface area contributed by atoms with E-state index in [2.05, 4.69) is 32.6 Å². The minimum absolute atomic E-state index is 0.140. The molecule has 1 aliphatic rings. The Morgan fingerprint density at radius 1 is 1.23 bits per heavy atom. The number of rotatable bonds is 7. The number of nitrogens with zero attached hydrogens (tertiary/aromatic N) is 3. The van der Waals surface area contributed by atoms with Gasteiger partial charge in [0.25, 0.3) is 0 Å². The maximum Gasteiger partial charge on any atom is 0.238 e. The minimum Gasteiger partial charge on any atom is -0.367 e. The summed E-state index contributed by atoms with van der Waals surface area (Å²) in [7, 11) is 2.10. The smallest absolute Gasteiger partial charge is 0.238 e. The van der Waals surface area contributed by atoms with Crippen LogP contribution in [0.25, 0.3) is 0 Å². The predicted molar refractivity (Wildman–Crippen MR) is 122 cm³/mol. The molecule has 0 spiro atoms. The van der Waals surface area contributed by atoms with Crippen molar-refractivity contribution in [3.05, 3.63) is 35.0 Å². The van der Waals surface area contributed by atoms with Crippen LogP contribution < -0.4 is 15.5 Å². The molecule has 8 nitrogen and oxygen atoms in total. The second kappa shape index (κ2) is 10.2. The van der Waals surface area contributed by atoms with Crippen molar-refractivity contribution in [3.63, 3.8) is 0 Å². The summed E-state index contributed by atoms with van der Waals surface area (Å²) in [6, 6.07) is 7.17. The Bertz CT molecular complexity index is 898. The van der Waals surface area contributed by atoms with E-state index in [-0.39, 0.29) is 17.6 Å². The van der Waals surface area contributed by atoms with Crippen LogP contribution in [0.5, 0.6) is 0 Å². The molecule has 3 rings (SSSR count). The summed E-state index contributed by atoms with van der Waals surface area (Å²) in [6.45, 7) is 7.18. The number of anilines is 3.